The van der Waals surface area contributed by atoms with E-state index >= 15 is 0 Å². The van der Waals surface area contributed by atoms with Crippen LogP contribution in [0.5, 0.6) is 5.75 Å². The SMILES string of the molecule is CCCCOc1ccc(C(O)=C2C(=O)C(=O)N(c3nnc(SCc4ccc(F)cc4)s3)[C@@H]2c2ccc(F)cc2)cc1. The molecule has 0 bridgehead atoms. The second-order valence-corrected chi connectivity index (χ2v) is 11.4. The minimum Gasteiger partial charge on any atom is -0.507 e. The fraction of sp³-hybridized carbons (Fsp3) is 0.200. The van der Waals surface area contributed by atoms with Crippen LogP contribution in [0.15, 0.2) is 82.7 Å². The number of carbonyl (C=O) groups excluding carboxylic acids is 2. The number of nitrogens with zero attached hydrogens (tertiary/aromatic N) is 3. The number of hydrogen-bond acceptors (Lipinski definition) is 8. The van der Waals surface area contributed by atoms with E-state index in [1.165, 1.54) is 53.1 Å². The van der Waals surface area contributed by atoms with Gasteiger partial charge in [0.2, 0.25) is 5.13 Å². The largest absolute Gasteiger partial charge is 0.507 e. The topological polar surface area (TPSA) is 92.6 Å². The Morgan fingerprint density at radius 2 is 1.63 bits per heavy atom. The van der Waals surface area contributed by atoms with Crippen LogP contribution in [0.3, 0.4) is 0 Å². The molecule has 0 radical (unpaired) electrons. The van der Waals surface area contributed by atoms with Gasteiger partial charge in [-0.25, -0.2) is 8.78 Å². The lowest BCUT2D eigenvalue weighted by Crippen LogP contribution is -2.29. The van der Waals surface area contributed by atoms with E-state index in [1.54, 1.807) is 36.4 Å². The molecule has 1 aliphatic heterocycles. The van der Waals surface area contributed by atoms with Crippen molar-refractivity contribution in [2.24, 2.45) is 0 Å². The molecule has 210 valence electrons. The number of amides is 1. The number of aliphatic hydroxyl groups excluding tert-OH is 1. The molecule has 0 aliphatic carbocycles. The first-order chi connectivity index (χ1) is 19.9. The molecule has 0 spiro atoms. The number of halogens is 2. The smallest absolute Gasteiger partial charge is 0.301 e. The Balaban J connectivity index is 1.47. The third-order valence-corrected chi connectivity index (χ3v) is 8.53. The number of unbranched alkanes of at least 4 members (excludes halogenated alkanes) is 1. The number of aliphatic hydroxyl groups is 1. The minimum absolute atomic E-state index is 0.142. The standard InChI is InChI=1S/C30H25F2N3O4S2/c1-2-3-16-39-23-14-8-20(9-15-23)26(36)24-25(19-6-12-22(32)13-7-19)35(28(38)27(24)37)29-33-34-30(41-29)40-17-18-4-10-21(31)11-5-18/h4-15,25,36H,2-3,16-17H2,1H3/t25-/m1/s1. The predicted octanol–water partition coefficient (Wildman–Crippen LogP) is 6.91. The van der Waals surface area contributed by atoms with E-state index < -0.39 is 23.5 Å². The van der Waals surface area contributed by atoms with E-state index in [1.807, 2.05) is 0 Å². The van der Waals surface area contributed by atoms with Crippen molar-refractivity contribution in [3.8, 4) is 5.75 Å². The number of Topliss-reactive ketones (excluding diaryl/α,β-unsaturated/α-hetero) is 1. The number of ketones is 1. The molecule has 1 aromatic heterocycles. The number of anilines is 1. The molecular formula is C30H25F2N3O4S2. The van der Waals surface area contributed by atoms with Crippen molar-refractivity contribution >= 4 is 45.7 Å². The molecule has 1 fully saturated rings. The molecular weight excluding hydrogens is 568 g/mol. The van der Waals surface area contributed by atoms with Gasteiger partial charge >= 0.3 is 5.91 Å². The summed E-state index contributed by atoms with van der Waals surface area (Å²) in [7, 11) is 0. The molecule has 1 atom stereocenters. The van der Waals surface area contributed by atoms with Gasteiger partial charge in [-0.3, -0.25) is 14.5 Å². The van der Waals surface area contributed by atoms with Crippen molar-refractivity contribution in [1.82, 2.24) is 10.2 Å². The van der Waals surface area contributed by atoms with Gasteiger partial charge in [0.1, 0.15) is 23.1 Å². The first-order valence-corrected chi connectivity index (χ1v) is 14.7. The summed E-state index contributed by atoms with van der Waals surface area (Å²) in [6, 6.07) is 17.0. The van der Waals surface area contributed by atoms with Gasteiger partial charge in [0.05, 0.1) is 18.2 Å². The first-order valence-electron chi connectivity index (χ1n) is 12.9. The lowest BCUT2D eigenvalue weighted by atomic mass is 9.95. The summed E-state index contributed by atoms with van der Waals surface area (Å²) in [5.41, 5.74) is 1.48. The van der Waals surface area contributed by atoms with Crippen LogP contribution in [0, 0.1) is 11.6 Å². The van der Waals surface area contributed by atoms with E-state index in [4.69, 9.17) is 4.74 Å². The molecule has 1 aliphatic rings. The molecule has 2 heterocycles. The van der Waals surface area contributed by atoms with Crippen LogP contribution < -0.4 is 9.64 Å². The van der Waals surface area contributed by atoms with E-state index in [-0.39, 0.29) is 22.3 Å². The maximum Gasteiger partial charge on any atom is 0.301 e. The van der Waals surface area contributed by atoms with Crippen molar-refractivity contribution in [2.75, 3.05) is 11.5 Å². The van der Waals surface area contributed by atoms with Crippen LogP contribution >= 0.6 is 23.1 Å². The minimum atomic E-state index is -1.06. The lowest BCUT2D eigenvalue weighted by molar-refractivity contribution is -0.132. The number of thioether (sulfide) groups is 1. The summed E-state index contributed by atoms with van der Waals surface area (Å²) < 4.78 is 33.2. The van der Waals surface area contributed by atoms with Gasteiger partial charge in [0, 0.05) is 11.3 Å². The highest BCUT2D eigenvalue weighted by atomic mass is 32.2. The quantitative estimate of drug-likeness (QED) is 0.0533. The van der Waals surface area contributed by atoms with Gasteiger partial charge in [-0.1, -0.05) is 60.7 Å². The highest BCUT2D eigenvalue weighted by Crippen LogP contribution is 2.44. The summed E-state index contributed by atoms with van der Waals surface area (Å²) in [5, 5.41) is 19.8. The van der Waals surface area contributed by atoms with Crippen molar-refractivity contribution in [2.45, 2.75) is 35.9 Å². The number of carbonyl (C=O) groups is 2. The van der Waals surface area contributed by atoms with Gasteiger partial charge in [0.15, 0.2) is 4.34 Å². The average molecular weight is 594 g/mol. The number of ether oxygens (including phenoxy) is 1. The Bertz CT molecular complexity index is 1570. The van der Waals surface area contributed by atoms with Crippen LogP contribution in [-0.4, -0.2) is 33.6 Å². The van der Waals surface area contributed by atoms with E-state index in [2.05, 4.69) is 17.1 Å². The van der Waals surface area contributed by atoms with Gasteiger partial charge < -0.3 is 9.84 Å². The monoisotopic (exact) mass is 593 g/mol. The molecule has 1 amide bonds. The van der Waals surface area contributed by atoms with Crippen molar-refractivity contribution in [1.29, 1.82) is 0 Å². The maximum absolute atomic E-state index is 13.8. The fourth-order valence-corrected chi connectivity index (χ4v) is 6.10. The molecule has 11 heteroatoms. The van der Waals surface area contributed by atoms with Gasteiger partial charge in [-0.15, -0.1) is 10.2 Å². The molecule has 1 N–H and O–H groups in total. The van der Waals surface area contributed by atoms with E-state index in [0.717, 1.165) is 29.7 Å². The lowest BCUT2D eigenvalue weighted by Gasteiger charge is -2.22. The van der Waals surface area contributed by atoms with Crippen molar-refractivity contribution in [3.63, 3.8) is 0 Å². The molecule has 3 aromatic carbocycles. The van der Waals surface area contributed by atoms with Crippen molar-refractivity contribution in [3.05, 3.63) is 107 Å². The zero-order chi connectivity index (χ0) is 28.9. The number of aromatic nitrogens is 2. The van der Waals surface area contributed by atoms with Gasteiger partial charge in [-0.05, 0) is 66.1 Å². The maximum atomic E-state index is 13.8. The van der Waals surface area contributed by atoms with Gasteiger partial charge in [0.25, 0.3) is 5.78 Å². The Morgan fingerprint density at radius 3 is 2.29 bits per heavy atom. The van der Waals surface area contributed by atoms with Gasteiger partial charge in [-0.2, -0.15) is 0 Å². The average Bonchev–Trinajstić information content (AvgIpc) is 3.55. The molecule has 0 saturated carbocycles. The Hall–Kier alpha value is -4.09. The summed E-state index contributed by atoms with van der Waals surface area (Å²) in [4.78, 5) is 27.9. The third kappa shape index (κ3) is 6.31. The number of hydrogen-bond donors (Lipinski definition) is 1. The Morgan fingerprint density at radius 1 is 0.976 bits per heavy atom. The summed E-state index contributed by atoms with van der Waals surface area (Å²) in [6.45, 7) is 2.62. The first kappa shape index (κ1) is 28.4. The molecule has 7 nitrogen and oxygen atoms in total. The normalized spacial score (nSPS) is 16.4. The number of rotatable bonds is 10. The molecule has 4 aromatic rings. The Kier molecular flexibility index (Phi) is 8.75. The van der Waals surface area contributed by atoms with Crippen molar-refractivity contribution < 1.29 is 28.2 Å². The summed E-state index contributed by atoms with van der Waals surface area (Å²) in [6.07, 6.45) is 1.90. The van der Waals surface area contributed by atoms with Crippen LogP contribution in [-0.2, 0) is 15.3 Å². The summed E-state index contributed by atoms with van der Waals surface area (Å²) >= 11 is 2.45. The fourth-order valence-electron chi connectivity index (χ4n) is 4.27. The predicted molar refractivity (Wildman–Crippen MR) is 154 cm³/mol. The summed E-state index contributed by atoms with van der Waals surface area (Å²) in [5.74, 6) is -1.85. The molecule has 5 rings (SSSR count). The van der Waals surface area contributed by atoms with E-state index in [0.29, 0.717) is 33.6 Å². The highest BCUT2D eigenvalue weighted by Gasteiger charge is 2.48. The van der Waals surface area contributed by atoms with Crippen LogP contribution in [0.25, 0.3) is 5.76 Å². The second kappa shape index (κ2) is 12.6. The van der Waals surface area contributed by atoms with Crippen LogP contribution in [0.4, 0.5) is 13.9 Å². The molecule has 41 heavy (non-hydrogen) atoms. The van der Waals surface area contributed by atoms with Crippen LogP contribution in [0.1, 0.15) is 42.5 Å². The highest BCUT2D eigenvalue weighted by molar-refractivity contribution is 8.00. The second-order valence-electron chi connectivity index (χ2n) is 9.21. The Labute approximate surface area is 243 Å². The molecule has 1 saturated heterocycles. The van der Waals surface area contributed by atoms with Crippen LogP contribution in [0.2, 0.25) is 0 Å². The molecule has 0 unspecified atom stereocenters. The zero-order valence-corrected chi connectivity index (χ0v) is 23.6. The zero-order valence-electron chi connectivity index (χ0n) is 21.9. The number of benzene rings is 3. The third-order valence-electron chi connectivity index (χ3n) is 6.40. The van der Waals surface area contributed by atoms with E-state index in [9.17, 15) is 23.5 Å².